The molecule has 12 heteroatoms. The summed E-state index contributed by atoms with van der Waals surface area (Å²) in [6, 6.07) is 99.6. The molecule has 0 radical (unpaired) electrons. The highest BCUT2D eigenvalue weighted by atomic mass is 127. The van der Waals surface area contributed by atoms with Gasteiger partial charge in [-0.3, -0.25) is 0 Å². The molecular formula is C80H60BBr2IN6O2. The van der Waals surface area contributed by atoms with E-state index in [4.69, 9.17) is 39.2 Å². The minimum atomic E-state index is -0.423. The van der Waals surface area contributed by atoms with Crippen LogP contribution >= 0.6 is 54.5 Å². The van der Waals surface area contributed by atoms with Gasteiger partial charge in [0, 0.05) is 45.9 Å². The van der Waals surface area contributed by atoms with Crippen LogP contribution in [0.15, 0.2) is 300 Å². The minimum absolute atomic E-state index is 0.400. The molecule has 1 aliphatic rings. The van der Waals surface area contributed by atoms with Gasteiger partial charge >= 0.3 is 7.12 Å². The number of rotatable bonds is 10. The molecule has 8 nitrogen and oxygen atoms in total. The SMILES string of the molecule is Brc1ccc(-c2ccc(-c3ccc(-c4nc(-c5ccccc5)nc(-c5ccccc5)n4)cc3)c3ccccc23)cc1.Brc1ccc(I)cc1.CC1(C)OB(c2ccc(-c3ccc(-c4nc(-c5ccccc5)nc(-c5ccccc5)n4)cc3)c3ccccc23)OC1(C)C. The Morgan fingerprint density at radius 2 is 0.511 bits per heavy atom. The van der Waals surface area contributed by atoms with E-state index in [1.165, 1.54) is 31.0 Å². The third-order valence-corrected chi connectivity index (χ3v) is 18.4. The van der Waals surface area contributed by atoms with Crippen molar-refractivity contribution in [1.82, 2.24) is 29.9 Å². The Balaban J connectivity index is 0.000000150. The van der Waals surface area contributed by atoms with Crippen LogP contribution in [0.3, 0.4) is 0 Å². The summed E-state index contributed by atoms with van der Waals surface area (Å²) in [7, 11) is -0.423. The van der Waals surface area contributed by atoms with Gasteiger partial charge in [-0.25, -0.2) is 29.9 Å². The Morgan fingerprint density at radius 1 is 0.272 bits per heavy atom. The summed E-state index contributed by atoms with van der Waals surface area (Å²) in [5.41, 5.74) is 13.0. The summed E-state index contributed by atoms with van der Waals surface area (Å²) in [5, 5.41) is 4.73. The topological polar surface area (TPSA) is 95.8 Å². The molecule has 12 aromatic carbocycles. The van der Waals surface area contributed by atoms with Crippen molar-refractivity contribution in [3.63, 3.8) is 0 Å². The van der Waals surface area contributed by atoms with E-state index in [9.17, 15) is 0 Å². The molecule has 0 atom stereocenters. The fourth-order valence-corrected chi connectivity index (χ4v) is 12.0. The molecule has 1 aliphatic heterocycles. The third-order valence-electron chi connectivity index (χ3n) is 16.7. The second-order valence-corrected chi connectivity index (χ2v) is 26.3. The molecule has 1 fully saturated rings. The predicted molar refractivity (Wildman–Crippen MR) is 394 cm³/mol. The third kappa shape index (κ3) is 13.7. The van der Waals surface area contributed by atoms with E-state index in [1.54, 1.807) is 0 Å². The Morgan fingerprint density at radius 3 is 0.826 bits per heavy atom. The standard InChI is InChI=1S/C37H32BN3O2.C37H24BrN3.C6H4BrI/c1-36(2)37(3,4)43-38(42-36)32-24-23-29(30-17-11-12-18-31(30)32)25-19-21-28(22-20-25)35-40-33(26-13-7-5-8-14-26)39-34(41-35)27-15-9-6-10-16-27;38-30-21-19-26(20-22-30)32-24-23-31(33-13-7-8-14-34(32)33)25-15-17-29(18-16-25)37-40-35(27-9-3-1-4-10-27)39-36(41-37)28-11-5-2-6-12-28;7-5-1-3-6(8)4-2-5/h5-24H,1-4H3;1-24H;1-4H. The van der Waals surface area contributed by atoms with E-state index >= 15 is 0 Å². The smallest absolute Gasteiger partial charge is 0.399 e. The number of aromatic nitrogens is 6. The quantitative estimate of drug-likeness (QED) is 0.0987. The van der Waals surface area contributed by atoms with Gasteiger partial charge in [0.2, 0.25) is 0 Å². The zero-order valence-electron chi connectivity index (χ0n) is 50.9. The monoisotopic (exact) mass is 1430 g/mol. The number of fused-ring (bicyclic) bond motifs is 2. The molecule has 2 aromatic heterocycles. The molecule has 446 valence electrons. The van der Waals surface area contributed by atoms with Crippen molar-refractivity contribution in [3.05, 3.63) is 304 Å². The molecule has 0 N–H and O–H groups in total. The average Bonchev–Trinajstić information content (AvgIpc) is 1.47. The summed E-state index contributed by atoms with van der Waals surface area (Å²) in [6.45, 7) is 8.35. The van der Waals surface area contributed by atoms with Crippen LogP contribution in [0.1, 0.15) is 27.7 Å². The predicted octanol–water partition coefficient (Wildman–Crippen LogP) is 21.2. The van der Waals surface area contributed by atoms with Gasteiger partial charge < -0.3 is 9.31 Å². The number of nitrogens with zero attached hydrogens (tertiary/aromatic N) is 6. The summed E-state index contributed by atoms with van der Waals surface area (Å²) >= 11 is 9.17. The summed E-state index contributed by atoms with van der Waals surface area (Å²) < 4.78 is 16.3. The second kappa shape index (κ2) is 27.4. The van der Waals surface area contributed by atoms with E-state index in [0.717, 1.165) is 75.3 Å². The van der Waals surface area contributed by atoms with Crippen LogP contribution in [0.2, 0.25) is 0 Å². The lowest BCUT2D eigenvalue weighted by atomic mass is 9.75. The van der Waals surface area contributed by atoms with Crippen molar-refractivity contribution >= 4 is 88.6 Å². The fraction of sp³-hybridized carbons (Fsp3) is 0.0750. The van der Waals surface area contributed by atoms with Gasteiger partial charge in [0.25, 0.3) is 0 Å². The van der Waals surface area contributed by atoms with Gasteiger partial charge in [-0.05, 0) is 147 Å². The van der Waals surface area contributed by atoms with Crippen LogP contribution in [0.5, 0.6) is 0 Å². The number of benzene rings is 12. The maximum Gasteiger partial charge on any atom is 0.495 e. The van der Waals surface area contributed by atoms with Gasteiger partial charge in [0.15, 0.2) is 34.9 Å². The molecule has 1 saturated heterocycles. The highest BCUT2D eigenvalue weighted by Gasteiger charge is 2.52. The van der Waals surface area contributed by atoms with Crippen LogP contribution in [0.25, 0.3) is 123 Å². The first-order valence-corrected chi connectivity index (χ1v) is 33.0. The number of hydrogen-bond donors (Lipinski definition) is 0. The molecule has 0 spiro atoms. The van der Waals surface area contributed by atoms with Gasteiger partial charge in [0.1, 0.15) is 0 Å². The van der Waals surface area contributed by atoms with Crippen LogP contribution < -0.4 is 5.46 Å². The van der Waals surface area contributed by atoms with Crippen LogP contribution in [0, 0.1) is 3.57 Å². The number of hydrogen-bond acceptors (Lipinski definition) is 8. The first-order valence-electron chi connectivity index (χ1n) is 30.3. The van der Waals surface area contributed by atoms with Crippen molar-refractivity contribution in [3.8, 4) is 102 Å². The molecule has 3 heterocycles. The molecule has 0 saturated carbocycles. The van der Waals surface area contributed by atoms with Crippen molar-refractivity contribution < 1.29 is 9.31 Å². The van der Waals surface area contributed by atoms with Crippen LogP contribution in [-0.4, -0.2) is 48.2 Å². The second-order valence-electron chi connectivity index (χ2n) is 23.2. The van der Waals surface area contributed by atoms with E-state index < -0.39 is 18.3 Å². The Labute approximate surface area is 567 Å². The van der Waals surface area contributed by atoms with E-state index in [2.05, 4.69) is 240 Å². The van der Waals surface area contributed by atoms with Crippen molar-refractivity contribution in [2.45, 2.75) is 38.9 Å². The van der Waals surface area contributed by atoms with Gasteiger partial charge in [-0.1, -0.05) is 287 Å². The molecular weight excluding hydrogens is 1370 g/mol. The number of halogens is 3. The molecule has 15 rings (SSSR count). The van der Waals surface area contributed by atoms with Crippen molar-refractivity contribution in [1.29, 1.82) is 0 Å². The van der Waals surface area contributed by atoms with E-state index in [1.807, 2.05) is 133 Å². The van der Waals surface area contributed by atoms with Crippen LogP contribution in [-0.2, 0) is 9.31 Å². The maximum absolute atomic E-state index is 6.41. The van der Waals surface area contributed by atoms with Crippen LogP contribution in [0.4, 0.5) is 0 Å². The minimum Gasteiger partial charge on any atom is -0.399 e. The summed E-state index contributed by atoms with van der Waals surface area (Å²) in [6.07, 6.45) is 0. The first-order chi connectivity index (χ1) is 44.8. The molecule has 0 bridgehead atoms. The zero-order valence-corrected chi connectivity index (χ0v) is 56.3. The molecule has 14 aromatic rings. The maximum atomic E-state index is 6.41. The highest BCUT2D eigenvalue weighted by molar-refractivity contribution is 14.1. The normalized spacial score (nSPS) is 13.0. The largest absolute Gasteiger partial charge is 0.495 e. The van der Waals surface area contributed by atoms with Gasteiger partial charge in [-0.15, -0.1) is 0 Å². The molecule has 0 aliphatic carbocycles. The Hall–Kier alpha value is -9.15. The molecule has 0 unspecified atom stereocenters. The van der Waals surface area contributed by atoms with Crippen molar-refractivity contribution in [2.75, 3.05) is 0 Å². The summed E-state index contributed by atoms with van der Waals surface area (Å²) in [5.74, 6) is 3.91. The lowest BCUT2D eigenvalue weighted by Gasteiger charge is -2.32. The fourth-order valence-electron chi connectivity index (χ4n) is 11.1. The average molecular weight is 1430 g/mol. The summed E-state index contributed by atoms with van der Waals surface area (Å²) in [4.78, 5) is 29.1. The lowest BCUT2D eigenvalue weighted by Crippen LogP contribution is -2.41. The molecule has 92 heavy (non-hydrogen) atoms. The van der Waals surface area contributed by atoms with Gasteiger partial charge in [0.05, 0.1) is 11.2 Å². The van der Waals surface area contributed by atoms with Gasteiger partial charge in [-0.2, -0.15) is 0 Å². The zero-order chi connectivity index (χ0) is 63.2. The Bertz CT molecular complexity index is 4730. The lowest BCUT2D eigenvalue weighted by molar-refractivity contribution is 0.00578. The Kier molecular flexibility index (Phi) is 18.3. The van der Waals surface area contributed by atoms with E-state index in [0.29, 0.717) is 34.9 Å². The highest BCUT2D eigenvalue weighted by Crippen LogP contribution is 2.40. The molecule has 0 amide bonds. The first kappa shape index (κ1) is 61.7. The van der Waals surface area contributed by atoms with Crippen molar-refractivity contribution in [2.24, 2.45) is 0 Å². The van der Waals surface area contributed by atoms with E-state index in [-0.39, 0.29) is 0 Å².